The van der Waals surface area contributed by atoms with Gasteiger partial charge in [-0.15, -0.1) is 0 Å². The Bertz CT molecular complexity index is 1780. The maximum Gasteiger partial charge on any atom is 0.306 e. The Morgan fingerprint density at radius 1 is 0.879 bits per heavy atom. The minimum atomic E-state index is -0.908. The molecular weight excluding hydrogens is 729 g/mol. The zero-order valence-corrected chi connectivity index (χ0v) is 37.6. The molecule has 0 aromatic heterocycles. The Balaban J connectivity index is 1.29. The fourth-order valence-corrected chi connectivity index (χ4v) is 14.2. The van der Waals surface area contributed by atoms with Gasteiger partial charge in [-0.25, -0.2) is 0 Å². The Morgan fingerprint density at radius 3 is 2.17 bits per heavy atom. The number of esters is 1. The second-order valence-corrected chi connectivity index (χ2v) is 22.1. The van der Waals surface area contributed by atoms with Crippen LogP contribution < -0.4 is 0 Å². The van der Waals surface area contributed by atoms with Gasteiger partial charge in [0.05, 0.1) is 25.5 Å². The summed E-state index contributed by atoms with van der Waals surface area (Å²) in [5.41, 5.74) is 1.50. The number of aliphatic hydroxyl groups is 1. The van der Waals surface area contributed by atoms with E-state index in [1.54, 1.807) is 0 Å². The van der Waals surface area contributed by atoms with E-state index in [2.05, 4.69) is 48.5 Å². The number of nitrogens with zero attached hydrogens (tertiary/aromatic N) is 2. The molecule has 1 unspecified atom stereocenters. The van der Waals surface area contributed by atoms with E-state index in [0.717, 1.165) is 62.5 Å². The SMILES string of the molecule is CC(C)C1=C2[C@H]3CCC4[C@@]5(C)CC[C@H](OC(=O)CC(C)(C)CC(=O)O)C(C)(C)[C@@H]5CC[C@@]4(C)[C@]3(C)CC[C@@]2([C@@H](O)CN(Cc2ccccc2)C(=O)CN(C)C)CC1=O. The van der Waals surface area contributed by atoms with Crippen LogP contribution >= 0.6 is 0 Å². The Morgan fingerprint density at radius 2 is 1.55 bits per heavy atom. The number of fused-ring (bicyclic) bond motifs is 7. The Kier molecular flexibility index (Phi) is 12.1. The molecule has 58 heavy (non-hydrogen) atoms. The number of likely N-dealkylation sites (N-methyl/N-ethyl adjacent to an activating group) is 1. The zero-order valence-electron chi connectivity index (χ0n) is 37.6. The highest BCUT2D eigenvalue weighted by Crippen LogP contribution is 2.77. The third-order valence-electron chi connectivity index (χ3n) is 17.0. The number of aliphatic carboxylic acids is 1. The van der Waals surface area contributed by atoms with E-state index in [1.165, 1.54) is 5.57 Å². The van der Waals surface area contributed by atoms with Crippen LogP contribution in [0, 0.1) is 56.2 Å². The fourth-order valence-electron chi connectivity index (χ4n) is 14.2. The first-order chi connectivity index (χ1) is 26.9. The van der Waals surface area contributed by atoms with Crippen molar-refractivity contribution in [2.45, 2.75) is 152 Å². The largest absolute Gasteiger partial charge is 0.481 e. The van der Waals surface area contributed by atoms with E-state index in [-0.39, 0.29) is 83.2 Å². The summed E-state index contributed by atoms with van der Waals surface area (Å²) in [7, 11) is 3.78. The summed E-state index contributed by atoms with van der Waals surface area (Å²) in [6, 6.07) is 9.97. The maximum absolute atomic E-state index is 14.3. The van der Waals surface area contributed by atoms with Gasteiger partial charge in [0.1, 0.15) is 6.10 Å². The van der Waals surface area contributed by atoms with Crippen molar-refractivity contribution in [3.63, 3.8) is 0 Å². The smallest absolute Gasteiger partial charge is 0.306 e. The maximum atomic E-state index is 14.3. The van der Waals surface area contributed by atoms with Gasteiger partial charge in [-0.1, -0.05) is 98.2 Å². The molecule has 0 radical (unpaired) electrons. The molecule has 0 bridgehead atoms. The van der Waals surface area contributed by atoms with Crippen LogP contribution in [0.25, 0.3) is 0 Å². The number of Topliss-reactive ketones (excluding diaryl/α,β-unsaturated/α-hetero) is 1. The van der Waals surface area contributed by atoms with Gasteiger partial charge in [0.15, 0.2) is 5.78 Å². The Hall–Kier alpha value is -3.04. The lowest BCUT2D eigenvalue weighted by Gasteiger charge is -2.72. The van der Waals surface area contributed by atoms with Crippen LogP contribution in [0.3, 0.4) is 0 Å². The monoisotopic (exact) mass is 803 g/mol. The van der Waals surface area contributed by atoms with Gasteiger partial charge in [-0.2, -0.15) is 0 Å². The number of carbonyl (C=O) groups excluding carboxylic acids is 3. The normalized spacial score (nSPS) is 34.8. The Labute approximate surface area is 348 Å². The molecule has 0 spiro atoms. The van der Waals surface area contributed by atoms with Crippen molar-refractivity contribution < 1.29 is 34.1 Å². The lowest BCUT2D eigenvalue weighted by molar-refractivity contribution is -0.235. The highest BCUT2D eigenvalue weighted by molar-refractivity contribution is 6.00. The van der Waals surface area contributed by atoms with Crippen LogP contribution in [-0.2, 0) is 30.5 Å². The second-order valence-electron chi connectivity index (χ2n) is 22.1. The number of carboxylic acids is 1. The predicted molar refractivity (Wildman–Crippen MR) is 226 cm³/mol. The molecule has 5 aliphatic rings. The minimum absolute atomic E-state index is 0.000473. The number of carboxylic acid groups (broad SMARTS) is 1. The standard InChI is InChI=1S/C49H74N2O7/c1-31(2)42-34(52)25-49(37(53)29-51(39(54)30-50(10)11)28-32-15-13-12-14-16-32)24-23-47(8)33(43(42)49)17-18-36-46(7)21-20-38(45(5,6)35(46)19-22-48(36,47)9)58-41(57)27-44(3,4)26-40(55)56/h12-16,31,33,35-38,53H,17-30H2,1-11H3,(H,55,56)/t33-,35+,36?,37+,38+,46+,47-,48-,49+/m1/s1. The van der Waals surface area contributed by atoms with Crippen molar-refractivity contribution in [2.75, 3.05) is 27.2 Å². The van der Waals surface area contributed by atoms with Gasteiger partial charge >= 0.3 is 11.9 Å². The number of amides is 1. The van der Waals surface area contributed by atoms with Crippen molar-refractivity contribution in [3.8, 4) is 0 Å². The van der Waals surface area contributed by atoms with E-state index < -0.39 is 22.9 Å². The number of ketones is 1. The van der Waals surface area contributed by atoms with E-state index in [9.17, 15) is 29.4 Å². The molecule has 4 saturated carbocycles. The number of carbonyl (C=O) groups is 4. The molecule has 5 aliphatic carbocycles. The third kappa shape index (κ3) is 7.62. The summed E-state index contributed by atoms with van der Waals surface area (Å²) in [6.45, 7) is 20.9. The molecule has 2 N–H and O–H groups in total. The number of rotatable bonds is 13. The topological polar surface area (TPSA) is 124 Å². The lowest BCUT2D eigenvalue weighted by atomic mass is 9.33. The summed E-state index contributed by atoms with van der Waals surface area (Å²) >= 11 is 0. The summed E-state index contributed by atoms with van der Waals surface area (Å²) < 4.78 is 6.28. The lowest BCUT2D eigenvalue weighted by Crippen LogP contribution is -2.66. The molecule has 9 heteroatoms. The molecule has 0 aliphatic heterocycles. The highest BCUT2D eigenvalue weighted by atomic mass is 16.5. The number of benzene rings is 1. The third-order valence-corrected chi connectivity index (χ3v) is 17.0. The molecule has 1 amide bonds. The van der Waals surface area contributed by atoms with Gasteiger partial charge in [0, 0.05) is 30.3 Å². The molecule has 9 nitrogen and oxygen atoms in total. The van der Waals surface area contributed by atoms with Crippen molar-refractivity contribution in [2.24, 2.45) is 56.2 Å². The first-order valence-electron chi connectivity index (χ1n) is 22.3. The van der Waals surface area contributed by atoms with Gasteiger partial charge < -0.3 is 24.7 Å². The molecule has 1 aromatic carbocycles. The van der Waals surface area contributed by atoms with Crippen molar-refractivity contribution >= 4 is 23.6 Å². The van der Waals surface area contributed by atoms with Crippen LogP contribution in [0.5, 0.6) is 0 Å². The van der Waals surface area contributed by atoms with E-state index in [0.29, 0.717) is 24.8 Å². The molecule has 322 valence electrons. The number of hydrogen-bond acceptors (Lipinski definition) is 7. The van der Waals surface area contributed by atoms with E-state index in [4.69, 9.17) is 4.74 Å². The molecule has 9 atom stereocenters. The van der Waals surface area contributed by atoms with Crippen LogP contribution in [-0.4, -0.2) is 83.0 Å². The molecule has 0 heterocycles. The fraction of sp³-hybridized carbons (Fsp3) is 0.755. The molecule has 6 rings (SSSR count). The number of aliphatic hydroxyl groups excluding tert-OH is 1. The number of hydrogen-bond donors (Lipinski definition) is 2. The molecule has 4 fully saturated rings. The molecular formula is C49H74N2O7. The van der Waals surface area contributed by atoms with Crippen LogP contribution in [0.1, 0.15) is 139 Å². The minimum Gasteiger partial charge on any atom is -0.481 e. The van der Waals surface area contributed by atoms with Crippen LogP contribution in [0.4, 0.5) is 0 Å². The second kappa shape index (κ2) is 15.8. The van der Waals surface area contributed by atoms with Gasteiger partial charge in [0.25, 0.3) is 0 Å². The average Bonchev–Trinajstić information content (AvgIpc) is 3.42. The van der Waals surface area contributed by atoms with E-state index >= 15 is 0 Å². The van der Waals surface area contributed by atoms with E-state index in [1.807, 2.05) is 68.1 Å². The van der Waals surface area contributed by atoms with Crippen LogP contribution in [0.15, 0.2) is 41.5 Å². The summed E-state index contributed by atoms with van der Waals surface area (Å²) in [5.74, 6) is -0.0532. The van der Waals surface area contributed by atoms with Crippen molar-refractivity contribution in [1.82, 2.24) is 9.80 Å². The number of ether oxygens (including phenoxy) is 1. The highest BCUT2D eigenvalue weighted by Gasteiger charge is 2.71. The first-order valence-corrected chi connectivity index (χ1v) is 22.3. The summed E-state index contributed by atoms with van der Waals surface area (Å²) in [5, 5.41) is 22.0. The van der Waals surface area contributed by atoms with Crippen molar-refractivity contribution in [3.05, 3.63) is 47.0 Å². The van der Waals surface area contributed by atoms with Gasteiger partial charge in [0.2, 0.25) is 5.91 Å². The van der Waals surface area contributed by atoms with Crippen LogP contribution in [0.2, 0.25) is 0 Å². The first kappa shape index (κ1) is 44.5. The summed E-state index contributed by atoms with van der Waals surface area (Å²) in [4.78, 5) is 56.5. The quantitative estimate of drug-likeness (QED) is 0.190. The summed E-state index contributed by atoms with van der Waals surface area (Å²) in [6.07, 6.45) is 6.73. The zero-order chi connectivity index (χ0) is 42.8. The number of allylic oxidation sites excluding steroid dienone is 1. The molecule has 1 aromatic rings. The van der Waals surface area contributed by atoms with Gasteiger partial charge in [-0.05, 0) is 122 Å². The predicted octanol–water partition coefficient (Wildman–Crippen LogP) is 8.72. The molecule has 0 saturated heterocycles. The van der Waals surface area contributed by atoms with Gasteiger partial charge in [-0.3, -0.25) is 19.2 Å². The average molecular weight is 803 g/mol. The van der Waals surface area contributed by atoms with Crippen molar-refractivity contribution in [1.29, 1.82) is 0 Å².